The van der Waals surface area contributed by atoms with Crippen LogP contribution in [0.2, 0.25) is 0 Å². The maximum Gasteiger partial charge on any atom is 0.101 e. The summed E-state index contributed by atoms with van der Waals surface area (Å²) in [6, 6.07) is 19.5. The highest BCUT2D eigenvalue weighted by atomic mass is 16.5. The van der Waals surface area contributed by atoms with E-state index in [4.69, 9.17) is 6.11 Å². The SMILES string of the molecule is [2H]c1ccc2c(N3C[C@@H]4CN(c5ccc([C@@H]6CNCCO6)cc5)CCN4[C@@H](C)C3)ccc(C#N)c2n1. The van der Waals surface area contributed by atoms with Crippen molar-refractivity contribution >= 4 is 22.3 Å². The first-order chi connectivity index (χ1) is 17.6. The molecule has 6 rings (SSSR count). The summed E-state index contributed by atoms with van der Waals surface area (Å²) in [4.78, 5) is 12.0. The topological polar surface area (TPSA) is 67.7 Å². The predicted molar refractivity (Wildman–Crippen MR) is 139 cm³/mol. The summed E-state index contributed by atoms with van der Waals surface area (Å²) >= 11 is 0. The zero-order valence-electron chi connectivity index (χ0n) is 21.2. The van der Waals surface area contributed by atoms with E-state index in [2.05, 4.69) is 68.3 Å². The smallest absolute Gasteiger partial charge is 0.101 e. The summed E-state index contributed by atoms with van der Waals surface area (Å²) in [7, 11) is 0. The van der Waals surface area contributed by atoms with E-state index in [-0.39, 0.29) is 12.3 Å². The molecule has 0 radical (unpaired) electrons. The molecule has 2 aromatic carbocycles. The van der Waals surface area contributed by atoms with Gasteiger partial charge in [-0.2, -0.15) is 5.26 Å². The van der Waals surface area contributed by atoms with Crippen molar-refractivity contribution in [2.24, 2.45) is 0 Å². The molecular formula is C28H32N6O. The number of hydrogen-bond acceptors (Lipinski definition) is 7. The normalized spacial score (nSPS) is 25.7. The average molecular weight is 470 g/mol. The first-order valence-electron chi connectivity index (χ1n) is 13.1. The standard InChI is InChI=1S/C28H32N6O/c1-20-17-33(26-9-6-22(15-29)28-25(26)3-2-10-31-28)19-24-18-32(12-13-34(20)24)23-7-4-21(5-8-23)27-16-30-11-14-35-27/h2-10,20,24,27,30H,11-14,16-19H2,1H3/t20-,24-,27-/m0/s1/i10D. The molecule has 7 heteroatoms. The number of nitrogens with one attached hydrogen (secondary N) is 1. The summed E-state index contributed by atoms with van der Waals surface area (Å²) in [5.41, 5.74) is 4.75. The molecule has 0 unspecified atom stereocenters. The molecule has 180 valence electrons. The Morgan fingerprint density at radius 3 is 2.74 bits per heavy atom. The third-order valence-electron chi connectivity index (χ3n) is 7.72. The molecule has 7 nitrogen and oxygen atoms in total. The highest BCUT2D eigenvalue weighted by Gasteiger charge is 2.36. The van der Waals surface area contributed by atoms with Crippen LogP contribution in [0.25, 0.3) is 10.9 Å². The lowest BCUT2D eigenvalue weighted by atomic mass is 10.00. The minimum atomic E-state index is 0.139. The fourth-order valence-corrected chi connectivity index (χ4v) is 5.95. The number of benzene rings is 2. The van der Waals surface area contributed by atoms with Crippen LogP contribution in [0, 0.1) is 11.3 Å². The lowest BCUT2D eigenvalue weighted by molar-refractivity contribution is 0.0277. The van der Waals surface area contributed by atoms with Crippen molar-refractivity contribution in [3.05, 3.63) is 65.8 Å². The Morgan fingerprint density at radius 2 is 1.94 bits per heavy atom. The highest BCUT2D eigenvalue weighted by Crippen LogP contribution is 2.33. The summed E-state index contributed by atoms with van der Waals surface area (Å²) in [6.07, 6.45) is 0.329. The Bertz CT molecular complexity index is 1290. The molecule has 0 saturated carbocycles. The van der Waals surface area contributed by atoms with Gasteiger partial charge in [0.1, 0.15) is 6.07 Å². The third-order valence-corrected chi connectivity index (χ3v) is 7.72. The number of piperazine rings is 2. The van der Waals surface area contributed by atoms with Crippen molar-refractivity contribution in [2.75, 3.05) is 62.2 Å². The fourth-order valence-electron chi connectivity index (χ4n) is 5.95. The van der Waals surface area contributed by atoms with Crippen LogP contribution in [0.1, 0.15) is 25.5 Å². The number of hydrogen-bond donors (Lipinski definition) is 1. The molecule has 3 atom stereocenters. The van der Waals surface area contributed by atoms with Crippen molar-refractivity contribution in [1.82, 2.24) is 15.2 Å². The molecule has 3 aromatic rings. The van der Waals surface area contributed by atoms with Crippen LogP contribution >= 0.6 is 0 Å². The van der Waals surface area contributed by atoms with Gasteiger partial charge in [0.15, 0.2) is 0 Å². The fraction of sp³-hybridized carbons (Fsp3) is 0.429. The Hall–Kier alpha value is -3.18. The van der Waals surface area contributed by atoms with Crippen LogP contribution in [0.4, 0.5) is 11.4 Å². The van der Waals surface area contributed by atoms with E-state index in [0.29, 0.717) is 23.2 Å². The van der Waals surface area contributed by atoms with Gasteiger partial charge in [-0.15, -0.1) is 0 Å². The summed E-state index contributed by atoms with van der Waals surface area (Å²) in [5, 5.41) is 13.9. The van der Waals surface area contributed by atoms with Crippen LogP contribution in [0.3, 0.4) is 0 Å². The van der Waals surface area contributed by atoms with E-state index in [1.54, 1.807) is 6.07 Å². The number of ether oxygens (including phenoxy) is 1. The number of fused-ring (bicyclic) bond motifs is 2. The minimum absolute atomic E-state index is 0.139. The van der Waals surface area contributed by atoms with Gasteiger partial charge >= 0.3 is 0 Å². The maximum absolute atomic E-state index is 9.57. The van der Waals surface area contributed by atoms with Gasteiger partial charge in [0.05, 0.1) is 25.2 Å². The largest absolute Gasteiger partial charge is 0.371 e. The predicted octanol–water partition coefficient (Wildman–Crippen LogP) is 3.17. The van der Waals surface area contributed by atoms with Gasteiger partial charge in [-0.3, -0.25) is 9.88 Å². The average Bonchev–Trinajstić information content (AvgIpc) is 2.92. The molecule has 3 saturated heterocycles. The first-order valence-corrected chi connectivity index (χ1v) is 12.6. The van der Waals surface area contributed by atoms with Crippen molar-refractivity contribution in [1.29, 1.82) is 5.26 Å². The van der Waals surface area contributed by atoms with Crippen molar-refractivity contribution < 1.29 is 6.11 Å². The van der Waals surface area contributed by atoms with Gasteiger partial charge in [-0.25, -0.2) is 0 Å². The van der Waals surface area contributed by atoms with Gasteiger partial charge in [0, 0.05) is 80.8 Å². The number of anilines is 2. The molecule has 0 spiro atoms. The number of nitriles is 1. The van der Waals surface area contributed by atoms with Crippen molar-refractivity contribution in [2.45, 2.75) is 25.1 Å². The maximum atomic E-state index is 9.57. The number of nitrogens with zero attached hydrogens (tertiary/aromatic N) is 5. The monoisotopic (exact) mass is 469 g/mol. The molecule has 0 bridgehead atoms. The van der Waals surface area contributed by atoms with Gasteiger partial charge in [-0.05, 0) is 48.9 Å². The number of aromatic nitrogens is 1. The molecule has 3 fully saturated rings. The van der Waals surface area contributed by atoms with Crippen LogP contribution < -0.4 is 15.1 Å². The zero-order valence-corrected chi connectivity index (χ0v) is 20.2. The van der Waals surface area contributed by atoms with Gasteiger partial charge in [0.25, 0.3) is 0 Å². The van der Waals surface area contributed by atoms with Gasteiger partial charge < -0.3 is 19.9 Å². The molecule has 3 aliphatic heterocycles. The molecule has 3 aliphatic rings. The first kappa shape index (κ1) is 21.1. The second kappa shape index (κ2) is 9.46. The van der Waals surface area contributed by atoms with Crippen molar-refractivity contribution in [3.8, 4) is 6.07 Å². The second-order valence-corrected chi connectivity index (χ2v) is 9.83. The molecule has 0 aliphatic carbocycles. The Labute approximate surface area is 208 Å². The van der Waals surface area contributed by atoms with Gasteiger partial charge in [0.2, 0.25) is 0 Å². The third kappa shape index (κ3) is 4.23. The van der Waals surface area contributed by atoms with Gasteiger partial charge in [-0.1, -0.05) is 12.1 Å². The quantitative estimate of drug-likeness (QED) is 0.632. The molecule has 35 heavy (non-hydrogen) atoms. The van der Waals surface area contributed by atoms with E-state index >= 15 is 0 Å². The van der Waals surface area contributed by atoms with Crippen LogP contribution in [0.5, 0.6) is 0 Å². The van der Waals surface area contributed by atoms with E-state index < -0.39 is 0 Å². The molecule has 0 amide bonds. The lowest BCUT2D eigenvalue weighted by Gasteiger charge is -2.51. The summed E-state index contributed by atoms with van der Waals surface area (Å²) in [6.45, 7) is 9.78. The second-order valence-electron chi connectivity index (χ2n) is 9.83. The highest BCUT2D eigenvalue weighted by molar-refractivity contribution is 5.95. The van der Waals surface area contributed by atoms with E-state index in [1.807, 2.05) is 12.1 Å². The molecular weight excluding hydrogens is 436 g/mol. The molecule has 1 aromatic heterocycles. The van der Waals surface area contributed by atoms with Crippen LogP contribution in [0.15, 0.2) is 54.7 Å². The summed E-state index contributed by atoms with van der Waals surface area (Å²) < 4.78 is 13.9. The Balaban J connectivity index is 1.22. The number of pyridine rings is 1. The zero-order chi connectivity index (χ0) is 24.6. The number of morpholine rings is 1. The molecule has 1 N–H and O–H groups in total. The summed E-state index contributed by atoms with van der Waals surface area (Å²) in [5.74, 6) is 0. The van der Waals surface area contributed by atoms with Crippen molar-refractivity contribution in [3.63, 3.8) is 0 Å². The van der Waals surface area contributed by atoms with Crippen LogP contribution in [-0.2, 0) is 4.74 Å². The van der Waals surface area contributed by atoms with E-state index in [0.717, 1.165) is 63.5 Å². The Kier molecular flexibility index (Phi) is 5.71. The van der Waals surface area contributed by atoms with E-state index in [1.165, 1.54) is 11.3 Å². The molecule has 4 heterocycles. The number of rotatable bonds is 3. The van der Waals surface area contributed by atoms with E-state index in [9.17, 15) is 5.26 Å². The Morgan fingerprint density at radius 1 is 1.09 bits per heavy atom. The van der Waals surface area contributed by atoms with Crippen LogP contribution in [-0.4, -0.2) is 74.4 Å². The minimum Gasteiger partial charge on any atom is -0.371 e. The lowest BCUT2D eigenvalue weighted by Crippen LogP contribution is -2.65.